The fraction of sp³-hybridized carbons (Fsp3) is 0.480. The van der Waals surface area contributed by atoms with Gasteiger partial charge in [0.25, 0.3) is 0 Å². The third kappa shape index (κ3) is 5.38. The summed E-state index contributed by atoms with van der Waals surface area (Å²) in [6.45, 7) is 4.92. The normalized spacial score (nSPS) is 19.6. The van der Waals surface area contributed by atoms with E-state index in [2.05, 4.69) is 17.0 Å². The van der Waals surface area contributed by atoms with Gasteiger partial charge in [0.1, 0.15) is 18.5 Å². The van der Waals surface area contributed by atoms with Crippen LogP contribution in [-0.2, 0) is 0 Å². The van der Waals surface area contributed by atoms with Crippen molar-refractivity contribution in [2.24, 2.45) is 0 Å². The maximum atomic E-state index is 11.7. The van der Waals surface area contributed by atoms with Crippen molar-refractivity contribution >= 4 is 5.78 Å². The van der Waals surface area contributed by atoms with E-state index in [-0.39, 0.29) is 18.4 Å². The van der Waals surface area contributed by atoms with Gasteiger partial charge in [-0.05, 0) is 61.3 Å². The van der Waals surface area contributed by atoms with Gasteiger partial charge in [0, 0.05) is 31.0 Å². The molecule has 6 nitrogen and oxygen atoms in total. The summed E-state index contributed by atoms with van der Waals surface area (Å²) in [6.07, 6.45) is 2.93. The predicted molar refractivity (Wildman–Crippen MR) is 118 cm³/mol. The van der Waals surface area contributed by atoms with Crippen LogP contribution in [0.15, 0.2) is 42.5 Å². The number of benzene rings is 2. The topological polar surface area (TPSA) is 68.2 Å². The summed E-state index contributed by atoms with van der Waals surface area (Å²) in [5.41, 5.74) is 1.89. The SMILES string of the molecule is CCC(=O)c1ccc(OC[C@H](O)CN2CCC[C@H]2c2ccc3c(c2)OCCCO3)cc1. The summed E-state index contributed by atoms with van der Waals surface area (Å²) in [4.78, 5) is 14.0. The number of likely N-dealkylation sites (tertiary alicyclic amines) is 1. The number of Topliss-reactive ketones (excluding diaryl/α,β-unsaturated/α-hetero) is 1. The molecule has 0 spiro atoms. The van der Waals surface area contributed by atoms with Crippen LogP contribution in [0.4, 0.5) is 0 Å². The molecule has 4 rings (SSSR count). The van der Waals surface area contributed by atoms with Crippen molar-refractivity contribution in [1.29, 1.82) is 0 Å². The molecule has 6 heteroatoms. The molecule has 2 aliphatic rings. The Kier molecular flexibility index (Phi) is 7.10. The molecule has 0 radical (unpaired) electrons. The van der Waals surface area contributed by atoms with E-state index in [1.54, 1.807) is 24.3 Å². The lowest BCUT2D eigenvalue weighted by molar-refractivity contribution is 0.0638. The van der Waals surface area contributed by atoms with Crippen LogP contribution in [0.25, 0.3) is 0 Å². The third-order valence-electron chi connectivity index (χ3n) is 5.91. The largest absolute Gasteiger partial charge is 0.491 e. The molecule has 0 amide bonds. The number of ketones is 1. The summed E-state index contributed by atoms with van der Waals surface area (Å²) in [5, 5.41) is 10.6. The zero-order valence-corrected chi connectivity index (χ0v) is 18.1. The van der Waals surface area contributed by atoms with Crippen molar-refractivity contribution in [3.8, 4) is 17.2 Å². The Morgan fingerprint density at radius 2 is 1.90 bits per heavy atom. The molecule has 31 heavy (non-hydrogen) atoms. The highest BCUT2D eigenvalue weighted by atomic mass is 16.5. The Bertz CT molecular complexity index is 882. The van der Waals surface area contributed by atoms with Crippen LogP contribution >= 0.6 is 0 Å². The maximum absolute atomic E-state index is 11.7. The van der Waals surface area contributed by atoms with Gasteiger partial charge < -0.3 is 19.3 Å². The average Bonchev–Trinajstić information content (AvgIpc) is 3.12. The average molecular weight is 426 g/mol. The smallest absolute Gasteiger partial charge is 0.162 e. The second-order valence-electron chi connectivity index (χ2n) is 8.18. The van der Waals surface area contributed by atoms with Gasteiger partial charge in [-0.2, -0.15) is 0 Å². The van der Waals surface area contributed by atoms with Crippen molar-refractivity contribution in [2.75, 3.05) is 32.9 Å². The van der Waals surface area contributed by atoms with E-state index in [4.69, 9.17) is 14.2 Å². The summed E-state index contributed by atoms with van der Waals surface area (Å²) in [6, 6.07) is 13.6. The Morgan fingerprint density at radius 1 is 1.13 bits per heavy atom. The van der Waals surface area contributed by atoms with E-state index >= 15 is 0 Å². The molecule has 1 fully saturated rings. The molecule has 0 bridgehead atoms. The summed E-state index contributed by atoms with van der Waals surface area (Å²) in [5.74, 6) is 2.40. The molecule has 0 aliphatic carbocycles. The van der Waals surface area contributed by atoms with Crippen LogP contribution in [0.3, 0.4) is 0 Å². The molecule has 2 atom stereocenters. The van der Waals surface area contributed by atoms with Crippen LogP contribution in [0.2, 0.25) is 0 Å². The second kappa shape index (κ2) is 10.2. The van der Waals surface area contributed by atoms with Gasteiger partial charge in [0.2, 0.25) is 0 Å². The third-order valence-corrected chi connectivity index (χ3v) is 5.91. The van der Waals surface area contributed by atoms with Crippen molar-refractivity contribution in [3.05, 3.63) is 53.6 Å². The van der Waals surface area contributed by atoms with E-state index < -0.39 is 6.10 Å². The van der Waals surface area contributed by atoms with Crippen molar-refractivity contribution in [1.82, 2.24) is 4.90 Å². The highest BCUT2D eigenvalue weighted by molar-refractivity contribution is 5.95. The lowest BCUT2D eigenvalue weighted by Gasteiger charge is -2.27. The first-order valence-electron chi connectivity index (χ1n) is 11.2. The molecule has 1 N–H and O–H groups in total. The van der Waals surface area contributed by atoms with Crippen LogP contribution in [0.1, 0.15) is 54.6 Å². The van der Waals surface area contributed by atoms with Gasteiger partial charge in [-0.3, -0.25) is 9.69 Å². The van der Waals surface area contributed by atoms with Crippen LogP contribution in [0, 0.1) is 0 Å². The van der Waals surface area contributed by atoms with Crippen molar-refractivity contribution in [2.45, 2.75) is 44.8 Å². The van der Waals surface area contributed by atoms with Gasteiger partial charge in [-0.1, -0.05) is 13.0 Å². The summed E-state index contributed by atoms with van der Waals surface area (Å²) < 4.78 is 17.3. The zero-order valence-electron chi connectivity index (χ0n) is 18.1. The molecule has 0 unspecified atom stereocenters. The van der Waals surface area contributed by atoms with Crippen LogP contribution < -0.4 is 14.2 Å². The predicted octanol–water partition coefficient (Wildman–Crippen LogP) is 4.02. The summed E-state index contributed by atoms with van der Waals surface area (Å²) in [7, 11) is 0. The summed E-state index contributed by atoms with van der Waals surface area (Å²) >= 11 is 0. The number of nitrogens with zero attached hydrogens (tertiary/aromatic N) is 1. The second-order valence-corrected chi connectivity index (χ2v) is 8.18. The molecule has 1 saturated heterocycles. The van der Waals surface area contributed by atoms with Gasteiger partial charge in [0.05, 0.1) is 13.2 Å². The Balaban J connectivity index is 1.33. The molecular formula is C25H31NO5. The van der Waals surface area contributed by atoms with E-state index in [1.165, 1.54) is 5.56 Å². The number of β-amino-alcohol motifs (C(OH)–C–C–N with tert-alkyl or cyclic N) is 1. The number of aliphatic hydroxyl groups excluding tert-OH is 1. The number of carbonyl (C=O) groups excluding carboxylic acids is 1. The lowest BCUT2D eigenvalue weighted by Crippen LogP contribution is -2.35. The maximum Gasteiger partial charge on any atom is 0.162 e. The zero-order chi connectivity index (χ0) is 21.6. The Labute approximate surface area is 183 Å². The highest BCUT2D eigenvalue weighted by Crippen LogP contribution is 2.37. The molecule has 2 aromatic carbocycles. The molecule has 2 aromatic rings. The van der Waals surface area contributed by atoms with Gasteiger partial charge in [-0.25, -0.2) is 0 Å². The fourth-order valence-electron chi connectivity index (χ4n) is 4.27. The van der Waals surface area contributed by atoms with Crippen LogP contribution in [0.5, 0.6) is 17.2 Å². The first-order valence-corrected chi connectivity index (χ1v) is 11.2. The number of ether oxygens (including phenoxy) is 3. The lowest BCUT2D eigenvalue weighted by atomic mass is 10.0. The standard InChI is InChI=1S/C25H31NO5/c1-2-23(28)18-6-9-21(10-7-18)31-17-20(27)16-26-12-3-5-22(26)19-8-11-24-25(15-19)30-14-4-13-29-24/h6-11,15,20,22,27H,2-5,12-14,16-17H2,1H3/t20-,22+/m1/s1. The van der Waals surface area contributed by atoms with Gasteiger partial charge in [0.15, 0.2) is 17.3 Å². The van der Waals surface area contributed by atoms with Crippen molar-refractivity contribution < 1.29 is 24.1 Å². The van der Waals surface area contributed by atoms with Gasteiger partial charge >= 0.3 is 0 Å². The number of carbonyl (C=O) groups is 1. The Hall–Kier alpha value is -2.57. The first-order chi connectivity index (χ1) is 15.1. The van der Waals surface area contributed by atoms with Crippen molar-refractivity contribution in [3.63, 3.8) is 0 Å². The number of aliphatic hydroxyl groups is 1. The Morgan fingerprint density at radius 3 is 2.68 bits per heavy atom. The highest BCUT2D eigenvalue weighted by Gasteiger charge is 2.28. The van der Waals surface area contributed by atoms with E-state index in [0.29, 0.717) is 37.5 Å². The van der Waals surface area contributed by atoms with Crippen LogP contribution in [-0.4, -0.2) is 54.8 Å². The molecular weight excluding hydrogens is 394 g/mol. The fourth-order valence-corrected chi connectivity index (χ4v) is 4.27. The molecule has 0 aromatic heterocycles. The molecule has 166 valence electrons. The molecule has 2 heterocycles. The molecule has 0 saturated carbocycles. The minimum Gasteiger partial charge on any atom is -0.491 e. The number of hydrogen-bond acceptors (Lipinski definition) is 6. The monoisotopic (exact) mass is 425 g/mol. The minimum atomic E-state index is -0.599. The number of rotatable bonds is 8. The quantitative estimate of drug-likeness (QED) is 0.645. The number of hydrogen-bond donors (Lipinski definition) is 1. The van der Waals surface area contributed by atoms with E-state index in [0.717, 1.165) is 37.3 Å². The van der Waals surface area contributed by atoms with E-state index in [1.807, 2.05) is 13.0 Å². The first kappa shape index (κ1) is 21.7. The van der Waals surface area contributed by atoms with Gasteiger partial charge in [-0.15, -0.1) is 0 Å². The molecule has 2 aliphatic heterocycles. The minimum absolute atomic E-state index is 0.112. The number of fused-ring (bicyclic) bond motifs is 1. The van der Waals surface area contributed by atoms with E-state index in [9.17, 15) is 9.90 Å².